The number of amides is 1. The lowest BCUT2D eigenvalue weighted by Crippen LogP contribution is -2.43. The van der Waals surface area contributed by atoms with E-state index >= 15 is 0 Å². The molecule has 100 valence electrons. The van der Waals surface area contributed by atoms with Crippen molar-refractivity contribution in [1.29, 1.82) is 0 Å². The predicted octanol–water partition coefficient (Wildman–Crippen LogP) is 0.920. The van der Waals surface area contributed by atoms with Crippen molar-refractivity contribution in [3.05, 3.63) is 35.8 Å². The summed E-state index contributed by atoms with van der Waals surface area (Å²) in [4.78, 5) is 18.2. The Labute approximate surface area is 109 Å². The molecule has 7 nitrogen and oxygen atoms in total. The first kappa shape index (κ1) is 11.9. The summed E-state index contributed by atoms with van der Waals surface area (Å²) in [7, 11) is 0. The van der Waals surface area contributed by atoms with Gasteiger partial charge in [0.15, 0.2) is 12.1 Å². The molecule has 0 aromatic carbocycles. The number of aromatic amines is 1. The lowest BCUT2D eigenvalue weighted by Gasteiger charge is -2.34. The molecule has 1 aliphatic rings. The van der Waals surface area contributed by atoms with Crippen LogP contribution >= 0.6 is 0 Å². The van der Waals surface area contributed by atoms with Crippen LogP contribution in [0.1, 0.15) is 28.0 Å². The van der Waals surface area contributed by atoms with E-state index in [0.717, 1.165) is 5.69 Å². The Bertz CT molecular complexity index is 563. The van der Waals surface area contributed by atoms with E-state index in [1.165, 1.54) is 6.39 Å². The Balaban J connectivity index is 1.89. The van der Waals surface area contributed by atoms with Gasteiger partial charge < -0.3 is 14.1 Å². The van der Waals surface area contributed by atoms with E-state index in [2.05, 4.69) is 15.2 Å². The molecule has 0 spiro atoms. The van der Waals surface area contributed by atoms with E-state index in [-0.39, 0.29) is 11.9 Å². The SMILES string of the molecule is Cc1ocnc1C(=O)N1CCOCC1c1ccn[nH]1. The zero-order chi connectivity index (χ0) is 13.2. The topological polar surface area (TPSA) is 84.2 Å². The van der Waals surface area contributed by atoms with Crippen LogP contribution in [0, 0.1) is 6.92 Å². The van der Waals surface area contributed by atoms with E-state index in [9.17, 15) is 4.79 Å². The van der Waals surface area contributed by atoms with Crippen molar-refractivity contribution in [1.82, 2.24) is 20.1 Å². The number of nitrogens with one attached hydrogen (secondary N) is 1. The normalized spacial score (nSPS) is 19.6. The highest BCUT2D eigenvalue weighted by Crippen LogP contribution is 2.24. The fourth-order valence-electron chi connectivity index (χ4n) is 2.20. The van der Waals surface area contributed by atoms with Crippen LogP contribution in [0.3, 0.4) is 0 Å². The molecule has 1 unspecified atom stereocenters. The monoisotopic (exact) mass is 262 g/mol. The van der Waals surface area contributed by atoms with Gasteiger partial charge in [-0.05, 0) is 13.0 Å². The van der Waals surface area contributed by atoms with Gasteiger partial charge in [-0.3, -0.25) is 9.89 Å². The van der Waals surface area contributed by atoms with Crippen molar-refractivity contribution in [2.75, 3.05) is 19.8 Å². The Hall–Kier alpha value is -2.15. The van der Waals surface area contributed by atoms with Crippen LogP contribution in [0.25, 0.3) is 0 Å². The molecule has 19 heavy (non-hydrogen) atoms. The van der Waals surface area contributed by atoms with Gasteiger partial charge in [0, 0.05) is 12.7 Å². The predicted molar refractivity (Wildman–Crippen MR) is 64.4 cm³/mol. The van der Waals surface area contributed by atoms with Crippen LogP contribution in [0.4, 0.5) is 0 Å². The molecule has 1 aliphatic heterocycles. The summed E-state index contributed by atoms with van der Waals surface area (Å²) in [5.74, 6) is 0.383. The number of oxazole rings is 1. The molecule has 0 bridgehead atoms. The minimum absolute atomic E-state index is 0.144. The molecular formula is C12H14N4O3. The molecule has 1 fully saturated rings. The maximum Gasteiger partial charge on any atom is 0.276 e. The van der Waals surface area contributed by atoms with E-state index in [1.54, 1.807) is 18.0 Å². The van der Waals surface area contributed by atoms with Gasteiger partial charge in [-0.2, -0.15) is 5.10 Å². The van der Waals surface area contributed by atoms with Gasteiger partial charge in [0.1, 0.15) is 5.76 Å². The van der Waals surface area contributed by atoms with Crippen LogP contribution in [0.5, 0.6) is 0 Å². The second-order valence-corrected chi connectivity index (χ2v) is 4.36. The zero-order valence-corrected chi connectivity index (χ0v) is 10.5. The minimum Gasteiger partial charge on any atom is -0.448 e. The number of hydrogen-bond acceptors (Lipinski definition) is 5. The average molecular weight is 262 g/mol. The molecule has 3 heterocycles. The number of carbonyl (C=O) groups is 1. The smallest absolute Gasteiger partial charge is 0.276 e. The van der Waals surface area contributed by atoms with Crippen LogP contribution in [-0.4, -0.2) is 45.7 Å². The summed E-state index contributed by atoms with van der Waals surface area (Å²) in [6.07, 6.45) is 2.95. The third-order valence-corrected chi connectivity index (χ3v) is 3.22. The van der Waals surface area contributed by atoms with Crippen molar-refractivity contribution in [2.24, 2.45) is 0 Å². The van der Waals surface area contributed by atoms with Gasteiger partial charge >= 0.3 is 0 Å². The Kier molecular flexibility index (Phi) is 3.04. The molecule has 0 aliphatic carbocycles. The summed E-state index contributed by atoms with van der Waals surface area (Å²) in [5.41, 5.74) is 1.21. The number of H-pyrrole nitrogens is 1. The molecule has 0 saturated carbocycles. The highest BCUT2D eigenvalue weighted by Gasteiger charge is 2.32. The molecule has 2 aromatic heterocycles. The van der Waals surface area contributed by atoms with Gasteiger partial charge in [-0.15, -0.1) is 0 Å². The highest BCUT2D eigenvalue weighted by atomic mass is 16.5. The van der Waals surface area contributed by atoms with Crippen LogP contribution in [0.2, 0.25) is 0 Å². The van der Waals surface area contributed by atoms with Crippen molar-refractivity contribution < 1.29 is 13.9 Å². The first-order valence-corrected chi connectivity index (χ1v) is 6.05. The quantitative estimate of drug-likeness (QED) is 0.870. The van der Waals surface area contributed by atoms with E-state index < -0.39 is 0 Å². The van der Waals surface area contributed by atoms with Crippen molar-refractivity contribution >= 4 is 5.91 Å². The fraction of sp³-hybridized carbons (Fsp3) is 0.417. The number of morpholine rings is 1. The lowest BCUT2D eigenvalue weighted by molar-refractivity contribution is -0.00427. The van der Waals surface area contributed by atoms with E-state index in [0.29, 0.717) is 31.2 Å². The molecule has 2 aromatic rings. The summed E-state index contributed by atoms with van der Waals surface area (Å²) in [6.45, 7) is 3.22. The zero-order valence-electron chi connectivity index (χ0n) is 10.5. The van der Waals surface area contributed by atoms with E-state index in [1.807, 2.05) is 6.07 Å². The maximum absolute atomic E-state index is 12.5. The molecule has 1 N–H and O–H groups in total. The summed E-state index contributed by atoms with van der Waals surface area (Å²) in [6, 6.07) is 1.68. The molecule has 0 radical (unpaired) electrons. The lowest BCUT2D eigenvalue weighted by atomic mass is 10.1. The van der Waals surface area contributed by atoms with Crippen LogP contribution in [-0.2, 0) is 4.74 Å². The van der Waals surface area contributed by atoms with Gasteiger partial charge in [-0.1, -0.05) is 0 Å². The Morgan fingerprint density at radius 3 is 3.16 bits per heavy atom. The standard InChI is InChI=1S/C12H14N4O3/c1-8-11(13-7-19-8)12(17)16-4-5-18-6-10(16)9-2-3-14-15-9/h2-3,7,10H,4-6H2,1H3,(H,14,15). The van der Waals surface area contributed by atoms with Gasteiger partial charge in [0.2, 0.25) is 0 Å². The molecule has 7 heteroatoms. The molecular weight excluding hydrogens is 248 g/mol. The van der Waals surface area contributed by atoms with Crippen LogP contribution in [0.15, 0.2) is 23.1 Å². The van der Waals surface area contributed by atoms with Crippen molar-refractivity contribution in [3.63, 3.8) is 0 Å². The van der Waals surface area contributed by atoms with Crippen LogP contribution < -0.4 is 0 Å². The third-order valence-electron chi connectivity index (χ3n) is 3.22. The largest absolute Gasteiger partial charge is 0.448 e. The molecule has 1 atom stereocenters. The first-order valence-electron chi connectivity index (χ1n) is 6.05. The molecule has 1 amide bonds. The van der Waals surface area contributed by atoms with Gasteiger partial charge in [0.05, 0.1) is 24.9 Å². The second-order valence-electron chi connectivity index (χ2n) is 4.36. The number of aromatic nitrogens is 3. The Morgan fingerprint density at radius 1 is 1.58 bits per heavy atom. The number of nitrogens with zero attached hydrogens (tertiary/aromatic N) is 3. The molecule has 3 rings (SSSR count). The first-order chi connectivity index (χ1) is 9.27. The van der Waals surface area contributed by atoms with Gasteiger partial charge in [-0.25, -0.2) is 4.98 Å². The highest BCUT2D eigenvalue weighted by molar-refractivity contribution is 5.93. The maximum atomic E-state index is 12.5. The number of rotatable bonds is 2. The van der Waals surface area contributed by atoms with E-state index in [4.69, 9.17) is 9.15 Å². The third kappa shape index (κ3) is 2.12. The van der Waals surface area contributed by atoms with Gasteiger partial charge in [0.25, 0.3) is 5.91 Å². The number of ether oxygens (including phenoxy) is 1. The molecule has 1 saturated heterocycles. The fourth-order valence-corrected chi connectivity index (χ4v) is 2.20. The van der Waals surface area contributed by atoms with Crippen molar-refractivity contribution in [2.45, 2.75) is 13.0 Å². The Morgan fingerprint density at radius 2 is 2.47 bits per heavy atom. The average Bonchev–Trinajstić information content (AvgIpc) is 3.09. The number of hydrogen-bond donors (Lipinski definition) is 1. The summed E-state index contributed by atoms with van der Waals surface area (Å²) in [5, 5.41) is 6.80. The number of carbonyl (C=O) groups excluding carboxylic acids is 1. The summed E-state index contributed by atoms with van der Waals surface area (Å²) >= 11 is 0. The summed E-state index contributed by atoms with van der Waals surface area (Å²) < 4.78 is 10.5. The van der Waals surface area contributed by atoms with Crippen molar-refractivity contribution in [3.8, 4) is 0 Å². The second kappa shape index (κ2) is 4.85. The number of aryl methyl sites for hydroxylation is 1. The minimum atomic E-state index is -0.167.